The van der Waals surface area contributed by atoms with E-state index in [1.807, 2.05) is 25.1 Å². The fraction of sp³-hybridized carbons (Fsp3) is 0.211. The molecular weight excluding hydrogens is 400 g/mol. The van der Waals surface area contributed by atoms with Gasteiger partial charge in [-0.1, -0.05) is 29.5 Å². The molecule has 28 heavy (non-hydrogen) atoms. The molecule has 1 amide bonds. The molecule has 0 spiro atoms. The number of thiazole rings is 1. The van der Waals surface area contributed by atoms with Gasteiger partial charge in [-0.3, -0.25) is 9.59 Å². The first-order chi connectivity index (χ1) is 13.2. The second-order valence-corrected chi connectivity index (χ2v) is 9.20. The lowest BCUT2D eigenvalue weighted by atomic mass is 10.2. The van der Waals surface area contributed by atoms with Crippen LogP contribution in [0.1, 0.15) is 15.9 Å². The van der Waals surface area contributed by atoms with E-state index < -0.39 is 21.7 Å². The van der Waals surface area contributed by atoms with Gasteiger partial charge in [-0.15, -0.1) is 0 Å². The molecule has 0 saturated heterocycles. The average Bonchev–Trinajstić information content (AvgIpc) is 2.96. The standard InChI is InChI=1S/C19H18N2O5S2/c1-12-8-9-14-15(10-12)27-19(21(14)11-17(22)26-2)20-18(23)13-6-4-5-7-16(13)28(3,24)25/h4-10H,11H2,1-3H3. The maximum absolute atomic E-state index is 12.8. The van der Waals surface area contributed by atoms with Crippen LogP contribution in [0.4, 0.5) is 0 Å². The zero-order valence-corrected chi connectivity index (χ0v) is 17.1. The summed E-state index contributed by atoms with van der Waals surface area (Å²) < 4.78 is 31.2. The molecule has 2 aromatic carbocycles. The molecule has 0 aliphatic rings. The third-order valence-corrected chi connectivity index (χ3v) is 6.26. The summed E-state index contributed by atoms with van der Waals surface area (Å²) in [7, 11) is -2.31. The number of benzene rings is 2. The van der Waals surface area contributed by atoms with Crippen molar-refractivity contribution in [1.29, 1.82) is 0 Å². The summed E-state index contributed by atoms with van der Waals surface area (Å²) >= 11 is 1.25. The number of sulfone groups is 1. The van der Waals surface area contributed by atoms with Gasteiger partial charge in [-0.25, -0.2) is 8.42 Å². The normalized spacial score (nSPS) is 12.3. The van der Waals surface area contributed by atoms with E-state index in [4.69, 9.17) is 4.74 Å². The molecule has 0 radical (unpaired) electrons. The van der Waals surface area contributed by atoms with Crippen LogP contribution in [-0.2, 0) is 25.9 Å². The fourth-order valence-electron chi connectivity index (χ4n) is 2.73. The molecule has 1 heterocycles. The molecular formula is C19H18N2O5S2. The van der Waals surface area contributed by atoms with Crippen molar-refractivity contribution in [3.63, 3.8) is 0 Å². The van der Waals surface area contributed by atoms with Gasteiger partial charge in [0.05, 0.1) is 27.8 Å². The highest BCUT2D eigenvalue weighted by Gasteiger charge is 2.19. The third-order valence-electron chi connectivity index (χ3n) is 4.07. The first-order valence-corrected chi connectivity index (χ1v) is 11.0. The monoisotopic (exact) mass is 418 g/mol. The Kier molecular flexibility index (Phi) is 5.48. The van der Waals surface area contributed by atoms with Crippen molar-refractivity contribution >= 4 is 43.3 Å². The SMILES string of the molecule is COC(=O)Cn1c(=NC(=O)c2ccccc2S(C)(=O)=O)sc2cc(C)ccc21. The minimum atomic E-state index is -3.59. The summed E-state index contributed by atoms with van der Waals surface area (Å²) in [6, 6.07) is 11.6. The zero-order chi connectivity index (χ0) is 20.5. The second-order valence-electron chi connectivity index (χ2n) is 6.20. The highest BCUT2D eigenvalue weighted by Crippen LogP contribution is 2.20. The molecule has 0 unspecified atom stereocenters. The molecule has 0 saturated carbocycles. The minimum absolute atomic E-state index is 0.0109. The molecule has 0 N–H and O–H groups in total. The summed E-state index contributed by atoms with van der Waals surface area (Å²) in [6.07, 6.45) is 1.04. The van der Waals surface area contributed by atoms with Gasteiger partial charge in [-0.05, 0) is 36.8 Å². The van der Waals surface area contributed by atoms with Gasteiger partial charge in [0.15, 0.2) is 14.6 Å². The lowest BCUT2D eigenvalue weighted by molar-refractivity contribution is -0.141. The number of fused-ring (bicyclic) bond motifs is 1. The van der Waals surface area contributed by atoms with Crippen molar-refractivity contribution in [1.82, 2.24) is 4.57 Å². The number of aromatic nitrogens is 1. The molecule has 0 aliphatic carbocycles. The Morgan fingerprint density at radius 2 is 1.89 bits per heavy atom. The van der Waals surface area contributed by atoms with Gasteiger partial charge in [0.2, 0.25) is 0 Å². The number of amides is 1. The van der Waals surface area contributed by atoms with Crippen molar-refractivity contribution in [3.8, 4) is 0 Å². The van der Waals surface area contributed by atoms with E-state index in [1.165, 1.54) is 30.6 Å². The zero-order valence-electron chi connectivity index (χ0n) is 15.5. The van der Waals surface area contributed by atoms with Gasteiger partial charge >= 0.3 is 5.97 Å². The van der Waals surface area contributed by atoms with E-state index in [2.05, 4.69) is 4.99 Å². The number of hydrogen-bond acceptors (Lipinski definition) is 6. The minimum Gasteiger partial charge on any atom is -0.468 e. The Morgan fingerprint density at radius 3 is 2.57 bits per heavy atom. The van der Waals surface area contributed by atoms with Crippen molar-refractivity contribution in [2.75, 3.05) is 13.4 Å². The highest BCUT2D eigenvalue weighted by atomic mass is 32.2. The summed E-state index contributed by atoms with van der Waals surface area (Å²) in [6.45, 7) is 1.83. The number of methoxy groups -OCH3 is 1. The predicted octanol–water partition coefficient (Wildman–Crippen LogP) is 2.33. The van der Waals surface area contributed by atoms with Crippen molar-refractivity contribution in [3.05, 3.63) is 58.4 Å². The van der Waals surface area contributed by atoms with Crippen LogP contribution in [0.15, 0.2) is 52.4 Å². The number of aryl methyl sites for hydroxylation is 1. The van der Waals surface area contributed by atoms with Crippen molar-refractivity contribution in [2.45, 2.75) is 18.4 Å². The summed E-state index contributed by atoms with van der Waals surface area (Å²) in [4.78, 5) is 29.0. The number of carbonyl (C=O) groups is 2. The molecule has 3 rings (SSSR count). The van der Waals surface area contributed by atoms with E-state index in [0.29, 0.717) is 4.80 Å². The van der Waals surface area contributed by atoms with E-state index in [1.54, 1.807) is 16.7 Å². The Hall–Kier alpha value is -2.78. The van der Waals surface area contributed by atoms with Gasteiger partial charge in [0.25, 0.3) is 5.91 Å². The molecule has 0 bridgehead atoms. The van der Waals surface area contributed by atoms with Gasteiger partial charge in [0.1, 0.15) is 6.54 Å². The molecule has 9 heteroatoms. The van der Waals surface area contributed by atoms with E-state index in [0.717, 1.165) is 22.0 Å². The van der Waals surface area contributed by atoms with Crippen LogP contribution in [0.2, 0.25) is 0 Å². The molecule has 0 aliphatic heterocycles. The Morgan fingerprint density at radius 1 is 1.18 bits per heavy atom. The maximum Gasteiger partial charge on any atom is 0.325 e. The quantitative estimate of drug-likeness (QED) is 0.606. The lowest BCUT2D eigenvalue weighted by Gasteiger charge is -2.05. The molecule has 146 valence electrons. The number of esters is 1. The lowest BCUT2D eigenvalue weighted by Crippen LogP contribution is -2.22. The Bertz CT molecular complexity index is 1250. The Balaban J connectivity index is 2.21. The maximum atomic E-state index is 12.8. The highest BCUT2D eigenvalue weighted by molar-refractivity contribution is 7.90. The number of ether oxygens (including phenoxy) is 1. The van der Waals surface area contributed by atoms with Crippen molar-refractivity contribution < 1.29 is 22.7 Å². The molecule has 7 nitrogen and oxygen atoms in total. The Labute approximate surface area is 165 Å². The molecule has 0 atom stereocenters. The fourth-order valence-corrected chi connectivity index (χ4v) is 4.73. The topological polar surface area (TPSA) is 94.8 Å². The van der Waals surface area contributed by atoms with Gasteiger partial charge in [-0.2, -0.15) is 4.99 Å². The number of carbonyl (C=O) groups excluding carboxylic acids is 2. The second kappa shape index (κ2) is 7.69. The van der Waals surface area contributed by atoms with Crippen LogP contribution < -0.4 is 4.80 Å². The van der Waals surface area contributed by atoms with Crippen LogP contribution in [0.5, 0.6) is 0 Å². The van der Waals surface area contributed by atoms with E-state index >= 15 is 0 Å². The number of nitrogens with zero attached hydrogens (tertiary/aromatic N) is 2. The predicted molar refractivity (Wildman–Crippen MR) is 106 cm³/mol. The van der Waals surface area contributed by atoms with Gasteiger partial charge in [0, 0.05) is 6.26 Å². The third kappa shape index (κ3) is 4.05. The number of hydrogen-bond donors (Lipinski definition) is 0. The molecule has 0 fully saturated rings. The molecule has 1 aromatic heterocycles. The summed E-state index contributed by atoms with van der Waals surface area (Å²) in [5.41, 5.74) is 1.76. The van der Waals surface area contributed by atoms with Crippen LogP contribution in [0.3, 0.4) is 0 Å². The van der Waals surface area contributed by atoms with E-state index in [-0.39, 0.29) is 17.0 Å². The summed E-state index contributed by atoms with van der Waals surface area (Å²) in [5.74, 6) is -1.17. The van der Waals surface area contributed by atoms with Crippen LogP contribution in [0, 0.1) is 6.92 Å². The first kappa shape index (κ1) is 20.0. The largest absolute Gasteiger partial charge is 0.468 e. The van der Waals surface area contributed by atoms with Crippen LogP contribution in [-0.4, -0.2) is 38.2 Å². The first-order valence-electron chi connectivity index (χ1n) is 8.25. The van der Waals surface area contributed by atoms with Gasteiger partial charge < -0.3 is 9.30 Å². The van der Waals surface area contributed by atoms with Crippen molar-refractivity contribution in [2.24, 2.45) is 4.99 Å². The number of rotatable bonds is 4. The smallest absolute Gasteiger partial charge is 0.325 e. The summed E-state index contributed by atoms with van der Waals surface area (Å²) in [5, 5.41) is 0. The molecule has 3 aromatic rings. The van der Waals surface area contributed by atoms with E-state index in [9.17, 15) is 18.0 Å². The average molecular weight is 418 g/mol. The van der Waals surface area contributed by atoms with Crippen LogP contribution in [0.25, 0.3) is 10.2 Å². The van der Waals surface area contributed by atoms with Crippen LogP contribution >= 0.6 is 11.3 Å².